The van der Waals surface area contributed by atoms with Gasteiger partial charge in [0.1, 0.15) is 35.7 Å². The summed E-state index contributed by atoms with van der Waals surface area (Å²) in [4.78, 5) is 81.6. The molecule has 4 aromatic carbocycles. The van der Waals surface area contributed by atoms with E-state index in [1.165, 1.54) is 24.3 Å². The van der Waals surface area contributed by atoms with Crippen LogP contribution in [0.2, 0.25) is 0 Å². The number of amides is 6. The van der Waals surface area contributed by atoms with Crippen LogP contribution in [0.4, 0.5) is 0 Å². The first-order valence-electron chi connectivity index (χ1n) is 18.4. The molecule has 56 heavy (non-hydrogen) atoms. The average Bonchev–Trinajstić information content (AvgIpc) is 3.18. The molecule has 1 fully saturated rings. The van der Waals surface area contributed by atoms with Gasteiger partial charge in [0.05, 0.1) is 0 Å². The monoisotopic (exact) mass is 762 g/mol. The van der Waals surface area contributed by atoms with E-state index in [0.717, 1.165) is 11.1 Å². The van der Waals surface area contributed by atoms with E-state index < -0.39 is 59.6 Å². The molecule has 0 bridgehead atoms. The molecular weight excluding hydrogens is 716 g/mol. The van der Waals surface area contributed by atoms with Crippen LogP contribution in [0.1, 0.15) is 35.1 Å². The maximum atomic E-state index is 13.9. The summed E-state index contributed by atoms with van der Waals surface area (Å²) in [7, 11) is 0. The van der Waals surface area contributed by atoms with Crippen molar-refractivity contribution in [1.82, 2.24) is 31.9 Å². The van der Waals surface area contributed by atoms with Crippen LogP contribution in [0.25, 0.3) is 0 Å². The largest absolute Gasteiger partial charge is 0.508 e. The van der Waals surface area contributed by atoms with E-state index in [1.54, 1.807) is 72.8 Å². The van der Waals surface area contributed by atoms with Gasteiger partial charge in [0, 0.05) is 51.6 Å². The number of hydrogen-bond donors (Lipinski definition) is 8. The molecule has 4 atom stereocenters. The number of carbonyl (C=O) groups is 6. The minimum Gasteiger partial charge on any atom is -0.508 e. The smallest absolute Gasteiger partial charge is 0.243 e. The maximum absolute atomic E-state index is 13.9. The summed E-state index contributed by atoms with van der Waals surface area (Å²) in [5.74, 6) is -3.46. The van der Waals surface area contributed by atoms with Gasteiger partial charge in [0.25, 0.3) is 0 Å². The molecule has 1 saturated heterocycles. The van der Waals surface area contributed by atoms with Gasteiger partial charge >= 0.3 is 0 Å². The number of phenolic OH excluding ortho intramolecular Hbond substituents is 2. The molecule has 6 amide bonds. The predicted molar refractivity (Wildman–Crippen MR) is 207 cm³/mol. The fourth-order valence-electron chi connectivity index (χ4n) is 6.19. The Morgan fingerprint density at radius 1 is 0.393 bits per heavy atom. The van der Waals surface area contributed by atoms with Gasteiger partial charge in [-0.2, -0.15) is 0 Å². The van der Waals surface area contributed by atoms with Crippen LogP contribution in [0.5, 0.6) is 11.5 Å². The molecule has 1 aliphatic rings. The summed E-state index contributed by atoms with van der Waals surface area (Å²) < 4.78 is 0. The van der Waals surface area contributed by atoms with E-state index in [2.05, 4.69) is 31.9 Å². The summed E-state index contributed by atoms with van der Waals surface area (Å²) >= 11 is 0. The highest BCUT2D eigenvalue weighted by molar-refractivity contribution is 5.94. The van der Waals surface area contributed by atoms with Crippen LogP contribution < -0.4 is 31.9 Å². The van der Waals surface area contributed by atoms with Crippen molar-refractivity contribution in [3.63, 3.8) is 0 Å². The topological polar surface area (TPSA) is 215 Å². The van der Waals surface area contributed by atoms with Gasteiger partial charge in [-0.3, -0.25) is 28.8 Å². The zero-order valence-electron chi connectivity index (χ0n) is 30.7. The fraction of sp³-hybridized carbons (Fsp3) is 0.286. The SMILES string of the molecule is O=C1CCNC(=O)[C@H](Cc2ccc(O)cc2)NC(=O)[C@H](Cc2ccccc2)NC(=O)CCNC(=O)C(Cc2ccc(O)cc2)NC(=O)[C@H](Cc2ccccc2)N1. The van der Waals surface area contributed by atoms with Crippen LogP contribution in [-0.2, 0) is 54.5 Å². The van der Waals surface area contributed by atoms with Crippen LogP contribution in [0.15, 0.2) is 109 Å². The average molecular weight is 763 g/mol. The normalized spacial score (nSPS) is 20.6. The predicted octanol–water partition coefficient (Wildman–Crippen LogP) is 1.33. The van der Waals surface area contributed by atoms with E-state index in [4.69, 9.17) is 0 Å². The number of hydrogen-bond acceptors (Lipinski definition) is 8. The summed E-state index contributed by atoms with van der Waals surface area (Å²) in [5, 5.41) is 36.0. The number of rotatable bonds is 8. The van der Waals surface area contributed by atoms with Crippen molar-refractivity contribution in [1.29, 1.82) is 0 Å². The van der Waals surface area contributed by atoms with E-state index in [0.29, 0.717) is 11.1 Å². The summed E-state index contributed by atoms with van der Waals surface area (Å²) in [5.41, 5.74) is 2.76. The van der Waals surface area contributed by atoms with Crippen molar-refractivity contribution in [2.75, 3.05) is 13.1 Å². The highest BCUT2D eigenvalue weighted by Gasteiger charge is 2.30. The molecule has 0 saturated carbocycles. The third kappa shape index (κ3) is 12.7. The Bertz CT molecular complexity index is 1820. The molecular formula is C42H46N6O8. The number of benzene rings is 4. The Morgan fingerprint density at radius 3 is 1.04 bits per heavy atom. The first kappa shape index (κ1) is 40.5. The minimum atomic E-state index is -1.13. The Labute approximate surface area is 324 Å². The lowest BCUT2D eigenvalue weighted by Crippen LogP contribution is -2.56. The zero-order chi connectivity index (χ0) is 39.9. The first-order chi connectivity index (χ1) is 27.0. The molecule has 1 aliphatic heterocycles. The molecule has 4 aromatic rings. The van der Waals surface area contributed by atoms with Crippen LogP contribution in [0.3, 0.4) is 0 Å². The van der Waals surface area contributed by atoms with Crippen LogP contribution in [0, 0.1) is 0 Å². The van der Waals surface area contributed by atoms with Crippen molar-refractivity contribution in [2.45, 2.75) is 62.7 Å². The molecule has 0 aromatic heterocycles. The molecule has 0 spiro atoms. The molecule has 292 valence electrons. The lowest BCUT2D eigenvalue weighted by molar-refractivity contribution is -0.133. The first-order valence-corrected chi connectivity index (χ1v) is 18.4. The molecule has 0 aliphatic carbocycles. The number of phenols is 2. The standard InChI is InChI=1S/C42H46N6O8/c49-31-15-11-29(12-16-31)25-33-39(53)44-22-20-38(52)46-36(24-28-9-5-2-6-10-28)42(56)48-34(26-30-13-17-32(50)18-14-30)40(54)43-21-19-37(51)45-35(41(55)47-33)23-27-7-3-1-4-8-27/h1-18,33-36,49-50H,19-26H2,(H,43,54)(H,44,53)(H,45,51)(H,46,52)(H,47,55)(H,48,56)/t33-,34?,35-,36-/m0/s1. The van der Waals surface area contributed by atoms with E-state index in [9.17, 15) is 39.0 Å². The van der Waals surface area contributed by atoms with Gasteiger partial charge in [-0.1, -0.05) is 84.9 Å². The van der Waals surface area contributed by atoms with Crippen molar-refractivity contribution in [2.24, 2.45) is 0 Å². The lowest BCUT2D eigenvalue weighted by Gasteiger charge is -2.25. The highest BCUT2D eigenvalue weighted by atomic mass is 16.3. The molecule has 1 heterocycles. The van der Waals surface area contributed by atoms with Gasteiger partial charge in [-0.15, -0.1) is 0 Å². The summed E-state index contributed by atoms with van der Waals surface area (Å²) in [6, 6.07) is 25.9. The third-order valence-corrected chi connectivity index (χ3v) is 9.19. The molecule has 1 unspecified atom stereocenters. The molecule has 14 heteroatoms. The fourth-order valence-corrected chi connectivity index (χ4v) is 6.19. The Morgan fingerprint density at radius 2 is 0.696 bits per heavy atom. The second-order valence-electron chi connectivity index (χ2n) is 13.6. The van der Waals surface area contributed by atoms with E-state index >= 15 is 0 Å². The number of carbonyl (C=O) groups excluding carboxylic acids is 6. The number of aromatic hydroxyl groups is 2. The van der Waals surface area contributed by atoms with Crippen LogP contribution in [-0.4, -0.2) is 82.9 Å². The van der Waals surface area contributed by atoms with Gasteiger partial charge in [0.2, 0.25) is 35.4 Å². The Hall–Kier alpha value is -6.70. The Balaban J connectivity index is 1.41. The molecule has 5 rings (SSSR count). The zero-order valence-corrected chi connectivity index (χ0v) is 30.7. The van der Waals surface area contributed by atoms with E-state index in [-0.39, 0.29) is 63.1 Å². The third-order valence-electron chi connectivity index (χ3n) is 9.19. The van der Waals surface area contributed by atoms with Crippen molar-refractivity contribution in [3.8, 4) is 11.5 Å². The highest BCUT2D eigenvalue weighted by Crippen LogP contribution is 2.14. The lowest BCUT2D eigenvalue weighted by atomic mass is 10.0. The summed E-state index contributed by atoms with van der Waals surface area (Å²) in [6.45, 7) is -0.273. The second-order valence-corrected chi connectivity index (χ2v) is 13.6. The van der Waals surface area contributed by atoms with Crippen molar-refractivity contribution in [3.05, 3.63) is 131 Å². The van der Waals surface area contributed by atoms with Crippen molar-refractivity contribution < 1.29 is 39.0 Å². The van der Waals surface area contributed by atoms with E-state index in [1.807, 2.05) is 12.1 Å². The van der Waals surface area contributed by atoms with Crippen molar-refractivity contribution >= 4 is 35.4 Å². The maximum Gasteiger partial charge on any atom is 0.243 e. The van der Waals surface area contributed by atoms with Gasteiger partial charge in [-0.25, -0.2) is 0 Å². The summed E-state index contributed by atoms with van der Waals surface area (Å²) in [6.07, 6.45) is -0.158. The van der Waals surface area contributed by atoms with Gasteiger partial charge < -0.3 is 42.1 Å². The minimum absolute atomic E-state index is 0.0263. The quantitative estimate of drug-likeness (QED) is 0.131. The second kappa shape index (κ2) is 20.1. The van der Waals surface area contributed by atoms with Crippen LogP contribution >= 0.6 is 0 Å². The number of nitrogens with one attached hydrogen (secondary N) is 6. The molecule has 8 N–H and O–H groups in total. The Kier molecular flexibility index (Phi) is 14.5. The van der Waals surface area contributed by atoms with Gasteiger partial charge in [0.15, 0.2) is 0 Å². The van der Waals surface area contributed by atoms with Gasteiger partial charge in [-0.05, 0) is 46.5 Å². The molecule has 14 nitrogen and oxygen atoms in total. The molecule has 0 radical (unpaired) electrons.